The van der Waals surface area contributed by atoms with Crippen molar-refractivity contribution in [1.29, 1.82) is 0 Å². The van der Waals surface area contributed by atoms with Gasteiger partial charge in [0.2, 0.25) is 0 Å². The predicted molar refractivity (Wildman–Crippen MR) is 152 cm³/mol. The third-order valence-electron chi connectivity index (χ3n) is 8.37. The van der Waals surface area contributed by atoms with E-state index in [0.717, 1.165) is 16.3 Å². The maximum atomic E-state index is 10.4. The summed E-state index contributed by atoms with van der Waals surface area (Å²) < 4.78 is 18.5. The van der Waals surface area contributed by atoms with E-state index < -0.39 is 11.2 Å². The van der Waals surface area contributed by atoms with Crippen LogP contribution >= 0.6 is 0 Å². The van der Waals surface area contributed by atoms with Crippen LogP contribution in [0.25, 0.3) is 32.3 Å². The average Bonchev–Trinajstić information content (AvgIpc) is 3.02. The predicted octanol–water partition coefficient (Wildman–Crippen LogP) is 5.26. The van der Waals surface area contributed by atoms with Crippen LogP contribution in [0, 0.1) is 0 Å². The van der Waals surface area contributed by atoms with Gasteiger partial charge in [-0.25, -0.2) is 0 Å². The molecule has 0 spiro atoms. The lowest BCUT2D eigenvalue weighted by atomic mass is 9.78. The molecule has 0 bridgehead atoms. The fourth-order valence-electron chi connectivity index (χ4n) is 4.48. The molecule has 185 valence electrons. The molecule has 0 aromatic heterocycles. The molecule has 0 saturated carbocycles. The molecule has 0 amide bonds. The zero-order valence-electron chi connectivity index (χ0n) is 22.6. The number of hydrogen-bond acceptors (Lipinski definition) is 4. The zero-order chi connectivity index (χ0) is 26.1. The van der Waals surface area contributed by atoms with E-state index in [1.165, 1.54) is 26.9 Å². The summed E-state index contributed by atoms with van der Waals surface area (Å²) in [6.07, 6.45) is 0. The topological polar surface area (TPSA) is 47.9 Å². The number of benzene rings is 4. The van der Waals surface area contributed by atoms with Crippen molar-refractivity contribution in [2.45, 2.75) is 77.8 Å². The fraction of sp³-hybridized carbons (Fsp3) is 0.400. The van der Waals surface area contributed by atoms with Crippen LogP contribution in [0.3, 0.4) is 0 Å². The number of rotatable bonds is 5. The molecule has 1 fully saturated rings. The highest BCUT2D eigenvalue weighted by Gasteiger charge is 2.51. The molecule has 0 aliphatic carbocycles. The molecule has 1 heterocycles. The van der Waals surface area contributed by atoms with Gasteiger partial charge < -0.3 is 19.1 Å². The summed E-state index contributed by atoms with van der Waals surface area (Å²) in [6, 6.07) is 21.6. The molecule has 0 atom stereocenters. The molecule has 4 aromatic carbocycles. The molecule has 0 unspecified atom stereocenters. The SMILES string of the molecule is CC(C)(O)C(C)(C)O[B]c1ccc2c(ccc3c4ccc(B5OC(C)(C)C(C)(C)O5)cc4ccc23)c1. The summed E-state index contributed by atoms with van der Waals surface area (Å²) in [6.45, 7) is 15.6. The maximum Gasteiger partial charge on any atom is 0.494 e. The lowest BCUT2D eigenvalue weighted by Gasteiger charge is -2.37. The minimum Gasteiger partial charge on any atom is -0.427 e. The van der Waals surface area contributed by atoms with E-state index in [1.54, 1.807) is 21.3 Å². The number of aliphatic hydroxyl groups is 1. The van der Waals surface area contributed by atoms with Crippen LogP contribution in [0.15, 0.2) is 60.7 Å². The third-order valence-corrected chi connectivity index (χ3v) is 8.37. The molecular formula is C30H35B2O4. The minimum atomic E-state index is -0.958. The fourth-order valence-corrected chi connectivity index (χ4v) is 4.48. The summed E-state index contributed by atoms with van der Waals surface area (Å²) in [5.74, 6) is 0. The second kappa shape index (κ2) is 8.32. The Morgan fingerprint density at radius 1 is 0.722 bits per heavy atom. The standard InChI is InChI=1S/C30H35B2O4/c1-27(2,33)28(3,4)34-31-21-11-15-23-19(17-21)9-13-26-24-16-12-22(18-20(24)10-14-25(23)26)32-35-29(5,6)30(7,8)36-32/h9-18,33H,1-8H3. The number of fused-ring (bicyclic) bond motifs is 5. The molecule has 1 saturated heterocycles. The van der Waals surface area contributed by atoms with E-state index in [9.17, 15) is 5.11 Å². The Kier molecular flexibility index (Phi) is 5.85. The molecule has 1 aliphatic heterocycles. The first-order valence-electron chi connectivity index (χ1n) is 12.7. The van der Waals surface area contributed by atoms with Crippen LogP contribution in [-0.2, 0) is 14.0 Å². The molecular weight excluding hydrogens is 446 g/mol. The van der Waals surface area contributed by atoms with Crippen molar-refractivity contribution in [2.24, 2.45) is 0 Å². The van der Waals surface area contributed by atoms with Crippen molar-refractivity contribution in [3.8, 4) is 0 Å². The van der Waals surface area contributed by atoms with Crippen molar-refractivity contribution in [1.82, 2.24) is 0 Å². The molecule has 5 rings (SSSR count). The highest BCUT2D eigenvalue weighted by atomic mass is 16.7. The van der Waals surface area contributed by atoms with Gasteiger partial charge in [-0.1, -0.05) is 66.1 Å². The van der Waals surface area contributed by atoms with Gasteiger partial charge in [0.15, 0.2) is 0 Å². The Balaban J connectivity index is 1.47. The molecule has 1 N–H and O–H groups in total. The second-order valence-corrected chi connectivity index (χ2v) is 12.1. The van der Waals surface area contributed by atoms with Gasteiger partial charge in [-0.15, -0.1) is 0 Å². The maximum absolute atomic E-state index is 10.4. The third kappa shape index (κ3) is 4.24. The summed E-state index contributed by atoms with van der Waals surface area (Å²) in [5, 5.41) is 17.5. The lowest BCUT2D eigenvalue weighted by Crippen LogP contribution is -2.49. The summed E-state index contributed by atoms with van der Waals surface area (Å²) in [5.41, 5.74) is -0.383. The van der Waals surface area contributed by atoms with Gasteiger partial charge in [0.25, 0.3) is 0 Å². The Hall–Kier alpha value is -2.37. The molecule has 1 aliphatic rings. The van der Waals surface area contributed by atoms with Crippen LogP contribution in [0.4, 0.5) is 0 Å². The van der Waals surface area contributed by atoms with Gasteiger partial charge in [0.1, 0.15) is 0 Å². The first-order valence-corrected chi connectivity index (χ1v) is 12.7. The van der Waals surface area contributed by atoms with Crippen LogP contribution < -0.4 is 10.9 Å². The number of hydrogen-bond donors (Lipinski definition) is 1. The van der Waals surface area contributed by atoms with E-state index in [1.807, 2.05) is 13.8 Å². The van der Waals surface area contributed by atoms with Crippen LogP contribution in [0.1, 0.15) is 55.4 Å². The van der Waals surface area contributed by atoms with E-state index in [4.69, 9.17) is 14.0 Å². The van der Waals surface area contributed by atoms with Crippen LogP contribution in [0.5, 0.6) is 0 Å². The summed E-state index contributed by atoms with van der Waals surface area (Å²) >= 11 is 0. The molecule has 6 heteroatoms. The van der Waals surface area contributed by atoms with Gasteiger partial charge in [0.05, 0.1) is 22.4 Å². The van der Waals surface area contributed by atoms with Gasteiger partial charge in [0, 0.05) is 0 Å². The van der Waals surface area contributed by atoms with Gasteiger partial charge >= 0.3 is 14.6 Å². The van der Waals surface area contributed by atoms with Crippen LogP contribution in [-0.4, -0.2) is 42.1 Å². The van der Waals surface area contributed by atoms with Crippen molar-refractivity contribution in [2.75, 3.05) is 0 Å². The van der Waals surface area contributed by atoms with Crippen molar-refractivity contribution >= 4 is 57.8 Å². The first kappa shape index (κ1) is 25.3. The summed E-state index contributed by atoms with van der Waals surface area (Å²) in [7, 11) is 1.36. The largest absolute Gasteiger partial charge is 0.494 e. The van der Waals surface area contributed by atoms with Crippen LogP contribution in [0.2, 0.25) is 0 Å². The summed E-state index contributed by atoms with van der Waals surface area (Å²) in [4.78, 5) is 0. The van der Waals surface area contributed by atoms with Gasteiger partial charge in [-0.05, 0) is 93.2 Å². The molecule has 1 radical (unpaired) electrons. The van der Waals surface area contributed by atoms with Gasteiger partial charge in [-0.3, -0.25) is 0 Å². The first-order chi connectivity index (χ1) is 16.7. The monoisotopic (exact) mass is 481 g/mol. The Labute approximate surface area is 215 Å². The van der Waals surface area contributed by atoms with E-state index in [-0.39, 0.29) is 18.3 Å². The Morgan fingerprint density at radius 3 is 1.78 bits per heavy atom. The van der Waals surface area contributed by atoms with Crippen molar-refractivity contribution < 1.29 is 19.1 Å². The quantitative estimate of drug-likeness (QED) is 0.312. The highest BCUT2D eigenvalue weighted by Crippen LogP contribution is 2.37. The average molecular weight is 481 g/mol. The van der Waals surface area contributed by atoms with E-state index in [0.29, 0.717) is 0 Å². The van der Waals surface area contributed by atoms with Crippen molar-refractivity contribution in [3.63, 3.8) is 0 Å². The second-order valence-electron chi connectivity index (χ2n) is 12.1. The lowest BCUT2D eigenvalue weighted by molar-refractivity contribution is -0.0893. The van der Waals surface area contributed by atoms with Crippen molar-refractivity contribution in [3.05, 3.63) is 60.7 Å². The smallest absolute Gasteiger partial charge is 0.427 e. The molecule has 36 heavy (non-hydrogen) atoms. The highest BCUT2D eigenvalue weighted by molar-refractivity contribution is 6.62. The Bertz CT molecular complexity index is 1450. The van der Waals surface area contributed by atoms with E-state index in [2.05, 4.69) is 88.4 Å². The normalized spacial score (nSPS) is 17.9. The molecule has 4 nitrogen and oxygen atoms in total. The zero-order valence-corrected chi connectivity index (χ0v) is 22.6. The van der Waals surface area contributed by atoms with E-state index >= 15 is 0 Å². The minimum absolute atomic E-state index is 0.361. The Morgan fingerprint density at radius 2 is 1.22 bits per heavy atom. The molecule has 4 aromatic rings. The van der Waals surface area contributed by atoms with Gasteiger partial charge in [-0.2, -0.15) is 0 Å².